The minimum absolute atomic E-state index is 0.147. The van der Waals surface area contributed by atoms with Crippen molar-refractivity contribution in [2.45, 2.75) is 57.7 Å². The molecule has 1 fully saturated rings. The number of piperidine rings is 1. The SMILES string of the molecule is CN1CCCC[C@@H]1c1cc2cnc(NC(=O)c3ccc4c(=O)n(C)cnc4c3)cc2n1COCC[Si](C)(C)C. The van der Waals surface area contributed by atoms with Crippen LogP contribution < -0.4 is 10.9 Å². The Labute approximate surface area is 229 Å². The molecule has 0 bridgehead atoms. The Morgan fingerprint density at radius 3 is 2.72 bits per heavy atom. The van der Waals surface area contributed by atoms with Gasteiger partial charge in [0, 0.05) is 56.7 Å². The summed E-state index contributed by atoms with van der Waals surface area (Å²) in [6.07, 6.45) is 6.82. The Morgan fingerprint density at radius 1 is 1.13 bits per heavy atom. The van der Waals surface area contributed by atoms with Crippen LogP contribution >= 0.6 is 0 Å². The first-order chi connectivity index (χ1) is 18.6. The molecule has 5 rings (SSSR count). The molecular weight excluding hydrogens is 508 g/mol. The molecule has 0 aliphatic carbocycles. The predicted molar refractivity (Wildman–Crippen MR) is 158 cm³/mol. The van der Waals surface area contributed by atoms with Gasteiger partial charge in [-0.3, -0.25) is 14.5 Å². The van der Waals surface area contributed by atoms with Crippen molar-refractivity contribution in [2.24, 2.45) is 7.05 Å². The molecule has 39 heavy (non-hydrogen) atoms. The van der Waals surface area contributed by atoms with E-state index in [4.69, 9.17) is 4.74 Å². The number of hydrogen-bond donors (Lipinski definition) is 1. The molecule has 0 unspecified atom stereocenters. The molecule has 1 aliphatic heterocycles. The quantitative estimate of drug-likeness (QED) is 0.247. The molecule has 0 radical (unpaired) electrons. The fourth-order valence-electron chi connectivity index (χ4n) is 5.19. The van der Waals surface area contributed by atoms with Crippen molar-refractivity contribution in [1.29, 1.82) is 0 Å². The lowest BCUT2D eigenvalue weighted by Gasteiger charge is -2.33. The van der Waals surface area contributed by atoms with Crippen LogP contribution in [0.3, 0.4) is 0 Å². The summed E-state index contributed by atoms with van der Waals surface area (Å²) in [6.45, 7) is 9.36. The number of carbonyl (C=O) groups excluding carboxylic acids is 1. The molecule has 3 aromatic heterocycles. The number of hydrogen-bond acceptors (Lipinski definition) is 6. The predicted octanol–water partition coefficient (Wildman–Crippen LogP) is 5.00. The summed E-state index contributed by atoms with van der Waals surface area (Å²) in [6, 6.07) is 10.5. The van der Waals surface area contributed by atoms with E-state index in [1.54, 1.807) is 25.2 Å². The lowest BCUT2D eigenvalue weighted by Crippen LogP contribution is -2.31. The largest absolute Gasteiger partial charge is 0.361 e. The van der Waals surface area contributed by atoms with Crippen molar-refractivity contribution in [3.8, 4) is 0 Å². The Balaban J connectivity index is 1.43. The first-order valence-corrected chi connectivity index (χ1v) is 17.4. The fraction of sp³-hybridized carbons (Fsp3) is 0.448. The van der Waals surface area contributed by atoms with Gasteiger partial charge in [-0.2, -0.15) is 0 Å². The molecule has 4 aromatic rings. The van der Waals surface area contributed by atoms with Gasteiger partial charge in [0.05, 0.1) is 22.7 Å². The molecule has 0 spiro atoms. The van der Waals surface area contributed by atoms with E-state index in [-0.39, 0.29) is 11.5 Å². The number of carbonyl (C=O) groups is 1. The number of nitrogens with zero attached hydrogens (tertiary/aromatic N) is 5. The van der Waals surface area contributed by atoms with Gasteiger partial charge in [0.1, 0.15) is 12.5 Å². The van der Waals surface area contributed by atoms with Crippen LogP contribution in [0.15, 0.2) is 47.7 Å². The average Bonchev–Trinajstić information content (AvgIpc) is 3.25. The first kappa shape index (κ1) is 27.2. The molecule has 1 aromatic carbocycles. The highest BCUT2D eigenvalue weighted by Gasteiger charge is 2.25. The summed E-state index contributed by atoms with van der Waals surface area (Å²) in [7, 11) is 2.65. The number of aryl methyl sites for hydroxylation is 1. The molecule has 1 saturated heterocycles. The minimum atomic E-state index is -1.20. The fourth-order valence-corrected chi connectivity index (χ4v) is 5.95. The Morgan fingerprint density at radius 2 is 1.95 bits per heavy atom. The zero-order chi connectivity index (χ0) is 27.7. The number of fused-ring (bicyclic) bond motifs is 2. The number of ether oxygens (including phenoxy) is 1. The molecule has 1 amide bonds. The lowest BCUT2D eigenvalue weighted by molar-refractivity contribution is 0.0820. The second kappa shape index (κ2) is 11.0. The number of amides is 1. The second-order valence-corrected chi connectivity index (χ2v) is 17.4. The van der Waals surface area contributed by atoms with E-state index in [2.05, 4.69) is 57.5 Å². The van der Waals surface area contributed by atoms with E-state index in [1.807, 2.05) is 12.3 Å². The van der Waals surface area contributed by atoms with Crippen molar-refractivity contribution in [1.82, 2.24) is 24.0 Å². The van der Waals surface area contributed by atoms with Crippen LogP contribution in [0.4, 0.5) is 5.82 Å². The van der Waals surface area contributed by atoms with E-state index in [0.29, 0.717) is 35.1 Å². The highest BCUT2D eigenvalue weighted by molar-refractivity contribution is 6.76. The number of nitrogens with one attached hydrogen (secondary N) is 1. The molecular formula is C29H38N6O3Si. The molecule has 206 valence electrons. The third kappa shape index (κ3) is 5.97. The number of anilines is 1. The van der Waals surface area contributed by atoms with Gasteiger partial charge in [-0.15, -0.1) is 0 Å². The maximum Gasteiger partial charge on any atom is 0.260 e. The molecule has 1 aliphatic rings. The maximum absolute atomic E-state index is 13.1. The van der Waals surface area contributed by atoms with E-state index >= 15 is 0 Å². The summed E-state index contributed by atoms with van der Waals surface area (Å²) in [5, 5.41) is 4.44. The van der Waals surface area contributed by atoms with E-state index in [0.717, 1.165) is 36.5 Å². The van der Waals surface area contributed by atoms with Gasteiger partial charge in [0.25, 0.3) is 11.5 Å². The van der Waals surface area contributed by atoms with Crippen molar-refractivity contribution < 1.29 is 9.53 Å². The lowest BCUT2D eigenvalue weighted by atomic mass is 10.00. The number of benzene rings is 1. The normalized spacial score (nSPS) is 16.7. The topological polar surface area (TPSA) is 94.3 Å². The Hall–Kier alpha value is -3.34. The minimum Gasteiger partial charge on any atom is -0.361 e. The number of likely N-dealkylation sites (tertiary alicyclic amines) is 1. The van der Waals surface area contributed by atoms with Gasteiger partial charge in [0.15, 0.2) is 0 Å². The van der Waals surface area contributed by atoms with Crippen LogP contribution in [0, 0.1) is 0 Å². The zero-order valence-electron chi connectivity index (χ0n) is 23.5. The van der Waals surface area contributed by atoms with Crippen molar-refractivity contribution in [3.63, 3.8) is 0 Å². The second-order valence-electron chi connectivity index (χ2n) is 11.8. The molecule has 1 atom stereocenters. The Bertz CT molecular complexity index is 1570. The van der Waals surface area contributed by atoms with Crippen LogP contribution in [0.2, 0.25) is 25.7 Å². The summed E-state index contributed by atoms with van der Waals surface area (Å²) in [5.41, 5.74) is 2.98. The van der Waals surface area contributed by atoms with Gasteiger partial charge in [-0.25, -0.2) is 9.97 Å². The molecule has 1 N–H and O–H groups in total. The van der Waals surface area contributed by atoms with E-state index < -0.39 is 8.07 Å². The average molecular weight is 547 g/mol. The summed E-state index contributed by atoms with van der Waals surface area (Å²) in [5.74, 6) is 0.164. The molecule has 9 nitrogen and oxygen atoms in total. The summed E-state index contributed by atoms with van der Waals surface area (Å²) in [4.78, 5) is 36.7. The van der Waals surface area contributed by atoms with Gasteiger partial charge >= 0.3 is 0 Å². The van der Waals surface area contributed by atoms with Gasteiger partial charge < -0.3 is 19.2 Å². The standard InChI is InChI=1S/C29H38N6O3Si/c1-33-11-7-6-8-24(33)26-15-21-17-30-27(16-25(21)35(26)19-38-12-13-39(3,4)5)32-28(36)20-9-10-22-23(14-20)31-18-34(2)29(22)37/h9-10,14-18,24H,6-8,11-13,19H2,1-5H3,(H,30,32,36)/t24-/m1/s1. The van der Waals surface area contributed by atoms with Crippen LogP contribution in [0.1, 0.15) is 41.4 Å². The third-order valence-electron chi connectivity index (χ3n) is 7.57. The highest BCUT2D eigenvalue weighted by atomic mass is 28.3. The van der Waals surface area contributed by atoms with E-state index in [1.165, 1.54) is 29.4 Å². The molecule has 0 saturated carbocycles. The maximum atomic E-state index is 13.1. The van der Waals surface area contributed by atoms with Crippen molar-refractivity contribution in [2.75, 3.05) is 25.5 Å². The van der Waals surface area contributed by atoms with E-state index in [9.17, 15) is 9.59 Å². The van der Waals surface area contributed by atoms with Crippen LogP contribution in [0.25, 0.3) is 21.8 Å². The zero-order valence-corrected chi connectivity index (χ0v) is 24.5. The highest BCUT2D eigenvalue weighted by Crippen LogP contribution is 2.34. The summed E-state index contributed by atoms with van der Waals surface area (Å²) < 4.78 is 9.89. The van der Waals surface area contributed by atoms with Crippen LogP contribution in [-0.4, -0.2) is 58.2 Å². The van der Waals surface area contributed by atoms with Crippen molar-refractivity contribution in [3.05, 3.63) is 64.5 Å². The molecule has 10 heteroatoms. The Kier molecular flexibility index (Phi) is 7.70. The van der Waals surface area contributed by atoms with Gasteiger partial charge in [-0.05, 0) is 56.7 Å². The number of rotatable bonds is 8. The summed E-state index contributed by atoms with van der Waals surface area (Å²) >= 11 is 0. The van der Waals surface area contributed by atoms with Crippen LogP contribution in [-0.2, 0) is 18.5 Å². The number of pyridine rings is 1. The van der Waals surface area contributed by atoms with Crippen LogP contribution in [0.5, 0.6) is 0 Å². The van der Waals surface area contributed by atoms with Gasteiger partial charge in [-0.1, -0.05) is 26.1 Å². The third-order valence-corrected chi connectivity index (χ3v) is 9.27. The smallest absolute Gasteiger partial charge is 0.260 e. The molecule has 4 heterocycles. The monoisotopic (exact) mass is 546 g/mol. The number of aromatic nitrogens is 4. The first-order valence-electron chi connectivity index (χ1n) is 13.6. The van der Waals surface area contributed by atoms with Gasteiger partial charge in [0.2, 0.25) is 0 Å². The van der Waals surface area contributed by atoms with Crippen molar-refractivity contribution >= 4 is 41.6 Å².